The van der Waals surface area contributed by atoms with Gasteiger partial charge < -0.3 is 5.32 Å². The van der Waals surface area contributed by atoms with Crippen molar-refractivity contribution in [2.45, 2.75) is 32.4 Å². The molecular formula is C17H20FN. The second-order valence-corrected chi connectivity index (χ2v) is 5.03. The highest BCUT2D eigenvalue weighted by Crippen LogP contribution is 2.14. The van der Waals surface area contributed by atoms with Crippen molar-refractivity contribution in [3.63, 3.8) is 0 Å². The molecule has 0 aromatic heterocycles. The Morgan fingerprint density at radius 1 is 1.00 bits per heavy atom. The normalized spacial score (nSPS) is 14.1. The van der Waals surface area contributed by atoms with Gasteiger partial charge in [-0.1, -0.05) is 42.5 Å². The van der Waals surface area contributed by atoms with E-state index in [9.17, 15) is 4.39 Å². The molecule has 100 valence electrons. The summed E-state index contributed by atoms with van der Waals surface area (Å²) < 4.78 is 13.1. The van der Waals surface area contributed by atoms with E-state index in [2.05, 4.69) is 31.3 Å². The Kier molecular flexibility index (Phi) is 4.69. The lowest BCUT2D eigenvalue weighted by molar-refractivity contribution is 0.476. The maximum absolute atomic E-state index is 13.1. The Labute approximate surface area is 114 Å². The molecular weight excluding hydrogens is 237 g/mol. The van der Waals surface area contributed by atoms with Gasteiger partial charge in [-0.05, 0) is 43.5 Å². The molecule has 1 N–H and O–H groups in total. The summed E-state index contributed by atoms with van der Waals surface area (Å²) in [5.74, 6) is -0.166. The van der Waals surface area contributed by atoms with Crippen LogP contribution in [0, 0.1) is 5.82 Å². The van der Waals surface area contributed by atoms with Crippen LogP contribution in [0.4, 0.5) is 4.39 Å². The van der Waals surface area contributed by atoms with Crippen LogP contribution in [0.1, 0.15) is 31.0 Å². The number of hydrogen-bond donors (Lipinski definition) is 1. The van der Waals surface area contributed by atoms with Gasteiger partial charge >= 0.3 is 0 Å². The fourth-order valence-electron chi connectivity index (χ4n) is 2.34. The van der Waals surface area contributed by atoms with E-state index in [0.29, 0.717) is 12.1 Å². The molecule has 2 unspecified atom stereocenters. The van der Waals surface area contributed by atoms with Crippen LogP contribution in [-0.2, 0) is 6.42 Å². The second kappa shape index (κ2) is 6.48. The van der Waals surface area contributed by atoms with Crippen LogP contribution in [0.25, 0.3) is 0 Å². The molecule has 0 radical (unpaired) electrons. The molecule has 0 saturated heterocycles. The van der Waals surface area contributed by atoms with Crippen molar-refractivity contribution < 1.29 is 4.39 Å². The monoisotopic (exact) mass is 257 g/mol. The van der Waals surface area contributed by atoms with E-state index in [1.807, 2.05) is 24.3 Å². The molecule has 2 heteroatoms. The number of rotatable bonds is 5. The van der Waals surface area contributed by atoms with Gasteiger partial charge in [0.2, 0.25) is 0 Å². The smallest absolute Gasteiger partial charge is 0.123 e. The van der Waals surface area contributed by atoms with Crippen LogP contribution < -0.4 is 5.32 Å². The van der Waals surface area contributed by atoms with Crippen LogP contribution in [-0.4, -0.2) is 6.04 Å². The average Bonchev–Trinajstić information content (AvgIpc) is 2.39. The van der Waals surface area contributed by atoms with Crippen molar-refractivity contribution in [3.8, 4) is 0 Å². The van der Waals surface area contributed by atoms with Crippen molar-refractivity contribution in [2.24, 2.45) is 0 Å². The molecule has 19 heavy (non-hydrogen) atoms. The first-order valence-electron chi connectivity index (χ1n) is 6.70. The van der Waals surface area contributed by atoms with E-state index in [1.165, 1.54) is 11.6 Å². The van der Waals surface area contributed by atoms with E-state index in [4.69, 9.17) is 0 Å². The Hall–Kier alpha value is -1.67. The van der Waals surface area contributed by atoms with Crippen molar-refractivity contribution in [1.82, 2.24) is 5.32 Å². The molecule has 0 fully saturated rings. The van der Waals surface area contributed by atoms with Crippen LogP contribution in [0.5, 0.6) is 0 Å². The molecule has 0 saturated carbocycles. The fourth-order valence-corrected chi connectivity index (χ4v) is 2.34. The Morgan fingerprint density at radius 3 is 2.42 bits per heavy atom. The summed E-state index contributed by atoms with van der Waals surface area (Å²) in [5.41, 5.74) is 2.30. The predicted molar refractivity (Wildman–Crippen MR) is 77.6 cm³/mol. The van der Waals surface area contributed by atoms with Gasteiger partial charge in [-0.2, -0.15) is 0 Å². The zero-order valence-corrected chi connectivity index (χ0v) is 11.4. The summed E-state index contributed by atoms with van der Waals surface area (Å²) in [6, 6.07) is 17.8. The standard InChI is InChI=1S/C17H20FN/c1-13(11-15-7-6-10-17(18)12-15)19-14(2)16-8-4-3-5-9-16/h3-10,12-14,19H,11H2,1-2H3. The first-order chi connectivity index (χ1) is 9.15. The van der Waals surface area contributed by atoms with Crippen molar-refractivity contribution >= 4 is 0 Å². The molecule has 2 aromatic rings. The molecule has 2 aromatic carbocycles. The Balaban J connectivity index is 1.92. The number of hydrogen-bond acceptors (Lipinski definition) is 1. The van der Waals surface area contributed by atoms with Crippen molar-refractivity contribution in [1.29, 1.82) is 0 Å². The lowest BCUT2D eigenvalue weighted by Crippen LogP contribution is -2.30. The van der Waals surface area contributed by atoms with Crippen LogP contribution in [0.3, 0.4) is 0 Å². The van der Waals surface area contributed by atoms with Gasteiger partial charge in [0.25, 0.3) is 0 Å². The van der Waals surface area contributed by atoms with E-state index in [-0.39, 0.29) is 5.82 Å². The summed E-state index contributed by atoms with van der Waals surface area (Å²) in [7, 11) is 0. The minimum atomic E-state index is -0.166. The van der Waals surface area contributed by atoms with Crippen LogP contribution >= 0.6 is 0 Å². The van der Waals surface area contributed by atoms with Crippen LogP contribution in [0.15, 0.2) is 54.6 Å². The highest BCUT2D eigenvalue weighted by atomic mass is 19.1. The lowest BCUT2D eigenvalue weighted by Gasteiger charge is -2.20. The summed E-state index contributed by atoms with van der Waals surface area (Å²) >= 11 is 0. The third-order valence-corrected chi connectivity index (χ3v) is 3.27. The fraction of sp³-hybridized carbons (Fsp3) is 0.294. The maximum atomic E-state index is 13.1. The molecule has 0 heterocycles. The van der Waals surface area contributed by atoms with Crippen molar-refractivity contribution in [3.05, 3.63) is 71.5 Å². The topological polar surface area (TPSA) is 12.0 Å². The maximum Gasteiger partial charge on any atom is 0.123 e. The third-order valence-electron chi connectivity index (χ3n) is 3.27. The van der Waals surface area contributed by atoms with Crippen molar-refractivity contribution in [2.75, 3.05) is 0 Å². The van der Waals surface area contributed by atoms with Gasteiger partial charge in [0.15, 0.2) is 0 Å². The first-order valence-corrected chi connectivity index (χ1v) is 6.70. The van der Waals surface area contributed by atoms with E-state index in [0.717, 1.165) is 12.0 Å². The molecule has 0 spiro atoms. The van der Waals surface area contributed by atoms with E-state index >= 15 is 0 Å². The zero-order chi connectivity index (χ0) is 13.7. The Bertz CT molecular complexity index is 510. The molecule has 0 amide bonds. The van der Waals surface area contributed by atoms with E-state index < -0.39 is 0 Å². The zero-order valence-electron chi connectivity index (χ0n) is 11.4. The minimum absolute atomic E-state index is 0.166. The molecule has 0 aliphatic heterocycles. The summed E-state index contributed by atoms with van der Waals surface area (Å²) in [6.07, 6.45) is 0.828. The third kappa shape index (κ3) is 4.18. The van der Waals surface area contributed by atoms with Gasteiger partial charge in [0, 0.05) is 12.1 Å². The molecule has 0 aliphatic rings. The van der Waals surface area contributed by atoms with Gasteiger partial charge in [0.05, 0.1) is 0 Å². The number of halogens is 1. The van der Waals surface area contributed by atoms with E-state index in [1.54, 1.807) is 12.1 Å². The summed E-state index contributed by atoms with van der Waals surface area (Å²) in [6.45, 7) is 4.28. The quantitative estimate of drug-likeness (QED) is 0.850. The first kappa shape index (κ1) is 13.8. The molecule has 2 rings (SSSR count). The minimum Gasteiger partial charge on any atom is -0.307 e. The highest BCUT2D eigenvalue weighted by molar-refractivity contribution is 5.19. The van der Waals surface area contributed by atoms with Crippen LogP contribution in [0.2, 0.25) is 0 Å². The lowest BCUT2D eigenvalue weighted by atomic mass is 10.0. The van der Waals surface area contributed by atoms with Gasteiger partial charge in [-0.25, -0.2) is 4.39 Å². The average molecular weight is 257 g/mol. The van der Waals surface area contributed by atoms with Gasteiger partial charge in [0.1, 0.15) is 5.82 Å². The molecule has 1 nitrogen and oxygen atoms in total. The molecule has 0 bridgehead atoms. The predicted octanol–water partition coefficient (Wildman–Crippen LogP) is 4.11. The highest BCUT2D eigenvalue weighted by Gasteiger charge is 2.09. The molecule has 0 aliphatic carbocycles. The molecule has 2 atom stereocenters. The summed E-state index contributed by atoms with van der Waals surface area (Å²) in [5, 5.41) is 3.54. The number of benzene rings is 2. The number of nitrogens with one attached hydrogen (secondary N) is 1. The van der Waals surface area contributed by atoms with Gasteiger partial charge in [-0.3, -0.25) is 0 Å². The summed E-state index contributed by atoms with van der Waals surface area (Å²) in [4.78, 5) is 0. The second-order valence-electron chi connectivity index (χ2n) is 5.03. The Morgan fingerprint density at radius 2 is 1.74 bits per heavy atom. The largest absolute Gasteiger partial charge is 0.307 e. The SMILES string of the molecule is CC(Cc1cccc(F)c1)NC(C)c1ccccc1. The van der Waals surface area contributed by atoms with Gasteiger partial charge in [-0.15, -0.1) is 0 Å².